The molecule has 3 aromatic rings. The van der Waals surface area contributed by atoms with Gasteiger partial charge in [0, 0.05) is 30.5 Å². The van der Waals surface area contributed by atoms with E-state index in [1.807, 2.05) is 6.92 Å². The number of aromatic amines is 1. The first-order valence-electron chi connectivity index (χ1n) is 10.7. The van der Waals surface area contributed by atoms with E-state index in [2.05, 4.69) is 10.3 Å². The van der Waals surface area contributed by atoms with Crippen LogP contribution in [0.1, 0.15) is 28.8 Å². The Labute approximate surface area is 206 Å². The fourth-order valence-electron chi connectivity index (χ4n) is 4.09. The van der Waals surface area contributed by atoms with E-state index in [0.29, 0.717) is 43.4 Å². The van der Waals surface area contributed by atoms with Crippen molar-refractivity contribution in [1.82, 2.24) is 14.6 Å². The van der Waals surface area contributed by atoms with Crippen molar-refractivity contribution in [1.29, 1.82) is 0 Å². The number of halogens is 2. The van der Waals surface area contributed by atoms with Crippen LogP contribution in [-0.2, 0) is 10.0 Å². The molecule has 0 radical (unpaired) electrons. The van der Waals surface area contributed by atoms with E-state index >= 15 is 0 Å². The first-order chi connectivity index (χ1) is 16.1. The third-order valence-electron chi connectivity index (χ3n) is 6.03. The molecule has 4 rings (SSSR count). The summed E-state index contributed by atoms with van der Waals surface area (Å²) in [7, 11) is -3.71. The molecular formula is C23H23Cl2N3O5S. The van der Waals surface area contributed by atoms with Crippen LogP contribution < -0.4 is 10.9 Å². The van der Waals surface area contributed by atoms with Gasteiger partial charge in [0.1, 0.15) is 0 Å². The molecule has 0 bridgehead atoms. The van der Waals surface area contributed by atoms with Crippen molar-refractivity contribution in [2.24, 2.45) is 5.92 Å². The second-order valence-corrected chi connectivity index (χ2v) is 11.1. The number of rotatable bonds is 5. The first kappa shape index (κ1) is 24.5. The van der Waals surface area contributed by atoms with Crippen LogP contribution in [0, 0.1) is 12.8 Å². The molecule has 1 amide bonds. The summed E-state index contributed by atoms with van der Waals surface area (Å²) in [6.45, 7) is 2.73. The Kier molecular flexibility index (Phi) is 6.91. The number of carbonyl (C=O) groups excluding carboxylic acids is 1. The maximum atomic E-state index is 12.9. The summed E-state index contributed by atoms with van der Waals surface area (Å²) >= 11 is 11.9. The van der Waals surface area contributed by atoms with E-state index < -0.39 is 27.2 Å². The summed E-state index contributed by atoms with van der Waals surface area (Å²) in [4.78, 5) is 27.6. The smallest absolute Gasteiger partial charge is 0.291 e. The lowest BCUT2D eigenvalue weighted by molar-refractivity contribution is 0.0940. The fraction of sp³-hybridized carbons (Fsp3) is 0.304. The third-order valence-corrected chi connectivity index (χ3v) is 8.66. The van der Waals surface area contributed by atoms with Gasteiger partial charge in [0.2, 0.25) is 10.0 Å². The number of fused-ring (bicyclic) bond motifs is 1. The number of carbonyl (C=O) groups is 1. The number of aromatic nitrogens is 1. The van der Waals surface area contributed by atoms with Crippen LogP contribution in [0.25, 0.3) is 10.9 Å². The molecule has 2 aromatic carbocycles. The Morgan fingerprint density at radius 3 is 2.53 bits per heavy atom. The van der Waals surface area contributed by atoms with Gasteiger partial charge < -0.3 is 15.4 Å². The van der Waals surface area contributed by atoms with Crippen molar-refractivity contribution in [3.63, 3.8) is 0 Å². The van der Waals surface area contributed by atoms with E-state index in [1.165, 1.54) is 22.5 Å². The lowest BCUT2D eigenvalue weighted by atomic mass is 9.98. The number of sulfonamides is 1. The quantitative estimate of drug-likeness (QED) is 0.471. The maximum Gasteiger partial charge on any atom is 0.291 e. The molecule has 180 valence electrons. The second-order valence-electron chi connectivity index (χ2n) is 8.36. The molecule has 1 aliphatic heterocycles. The molecule has 8 nitrogen and oxygen atoms in total. The SMILES string of the molecule is Cc1ccc2[nH]c(=O)c(O)c(C(=O)NCC3CCN(S(=O)(=O)c4ccc(Cl)c(Cl)c4)CC3)c2c1. The number of nitrogens with zero attached hydrogens (tertiary/aromatic N) is 1. The van der Waals surface area contributed by atoms with E-state index in [0.717, 1.165) is 5.56 Å². The zero-order valence-electron chi connectivity index (χ0n) is 18.3. The molecule has 2 heterocycles. The summed E-state index contributed by atoms with van der Waals surface area (Å²) in [5, 5.41) is 14.0. The number of nitrogens with one attached hydrogen (secondary N) is 2. The van der Waals surface area contributed by atoms with Crippen LogP contribution in [0.2, 0.25) is 10.0 Å². The normalized spacial score (nSPS) is 15.5. The van der Waals surface area contributed by atoms with E-state index in [1.54, 1.807) is 18.2 Å². The standard InChI is InChI=1S/C23H23Cl2N3O5S/c1-13-2-5-19-16(10-13)20(21(29)23(31)27-19)22(30)26-12-14-6-8-28(9-7-14)34(32,33)15-3-4-17(24)18(25)11-15/h2-5,10-11,14,29H,6-9,12H2,1H3,(H,26,30)(H,27,31). The molecule has 0 atom stereocenters. The summed E-state index contributed by atoms with van der Waals surface area (Å²) in [6, 6.07) is 9.44. The zero-order valence-corrected chi connectivity index (χ0v) is 20.6. The van der Waals surface area contributed by atoms with Crippen LogP contribution >= 0.6 is 23.2 Å². The number of aromatic hydroxyl groups is 1. The average molecular weight is 524 g/mol. The van der Waals surface area contributed by atoms with Crippen molar-refractivity contribution in [3.8, 4) is 5.75 Å². The second kappa shape index (κ2) is 9.58. The monoisotopic (exact) mass is 523 g/mol. The van der Waals surface area contributed by atoms with Crippen LogP contribution in [0.5, 0.6) is 5.75 Å². The fourth-order valence-corrected chi connectivity index (χ4v) is 5.95. The van der Waals surface area contributed by atoms with E-state index in [-0.39, 0.29) is 26.4 Å². The van der Waals surface area contributed by atoms with Gasteiger partial charge in [-0.3, -0.25) is 9.59 Å². The molecule has 1 saturated heterocycles. The molecule has 0 aliphatic carbocycles. The van der Waals surface area contributed by atoms with Gasteiger partial charge in [-0.1, -0.05) is 34.8 Å². The molecule has 1 aliphatic rings. The van der Waals surface area contributed by atoms with Gasteiger partial charge in [-0.15, -0.1) is 0 Å². The highest BCUT2D eigenvalue weighted by Gasteiger charge is 2.30. The maximum absolute atomic E-state index is 12.9. The summed E-state index contributed by atoms with van der Waals surface area (Å²) < 4.78 is 27.2. The average Bonchev–Trinajstić information content (AvgIpc) is 2.80. The Bertz CT molecular complexity index is 1430. The predicted molar refractivity (Wildman–Crippen MR) is 131 cm³/mol. The Morgan fingerprint density at radius 2 is 1.85 bits per heavy atom. The highest BCUT2D eigenvalue weighted by molar-refractivity contribution is 7.89. The highest BCUT2D eigenvalue weighted by atomic mass is 35.5. The number of hydrogen-bond acceptors (Lipinski definition) is 5. The minimum atomic E-state index is -3.71. The Hall–Kier alpha value is -2.59. The number of H-pyrrole nitrogens is 1. The highest BCUT2D eigenvalue weighted by Crippen LogP contribution is 2.29. The van der Waals surface area contributed by atoms with Crippen molar-refractivity contribution in [2.45, 2.75) is 24.7 Å². The van der Waals surface area contributed by atoms with Crippen LogP contribution in [0.3, 0.4) is 0 Å². The number of benzene rings is 2. The minimum absolute atomic E-state index is 0.0429. The Balaban J connectivity index is 1.42. The lowest BCUT2D eigenvalue weighted by Gasteiger charge is -2.31. The van der Waals surface area contributed by atoms with Crippen molar-refractivity contribution in [2.75, 3.05) is 19.6 Å². The number of amides is 1. The number of hydrogen-bond donors (Lipinski definition) is 3. The van der Waals surface area contributed by atoms with Crippen molar-refractivity contribution >= 4 is 50.0 Å². The zero-order chi connectivity index (χ0) is 24.6. The van der Waals surface area contributed by atoms with Crippen LogP contribution in [0.4, 0.5) is 0 Å². The van der Waals surface area contributed by atoms with Gasteiger partial charge in [-0.25, -0.2) is 8.42 Å². The minimum Gasteiger partial charge on any atom is -0.502 e. The molecular weight excluding hydrogens is 501 g/mol. The molecule has 34 heavy (non-hydrogen) atoms. The summed E-state index contributed by atoms with van der Waals surface area (Å²) in [5.74, 6) is -1.13. The molecule has 0 unspecified atom stereocenters. The number of piperidine rings is 1. The molecule has 1 aromatic heterocycles. The molecule has 3 N–H and O–H groups in total. The molecule has 0 spiro atoms. The van der Waals surface area contributed by atoms with Crippen molar-refractivity contribution in [3.05, 3.63) is 67.9 Å². The van der Waals surface area contributed by atoms with Gasteiger partial charge in [0.25, 0.3) is 11.5 Å². The van der Waals surface area contributed by atoms with Gasteiger partial charge in [0.05, 0.1) is 20.5 Å². The van der Waals surface area contributed by atoms with E-state index in [9.17, 15) is 23.1 Å². The van der Waals surface area contributed by atoms with Crippen LogP contribution in [0.15, 0.2) is 46.1 Å². The topological polar surface area (TPSA) is 120 Å². The van der Waals surface area contributed by atoms with Gasteiger partial charge >= 0.3 is 0 Å². The molecule has 0 saturated carbocycles. The predicted octanol–water partition coefficient (Wildman–Crippen LogP) is 3.68. The number of pyridine rings is 1. The van der Waals surface area contributed by atoms with E-state index in [4.69, 9.17) is 23.2 Å². The first-order valence-corrected chi connectivity index (χ1v) is 12.9. The molecule has 1 fully saturated rings. The third kappa shape index (κ3) is 4.79. The van der Waals surface area contributed by atoms with Gasteiger partial charge in [-0.2, -0.15) is 4.31 Å². The Morgan fingerprint density at radius 1 is 1.15 bits per heavy atom. The van der Waals surface area contributed by atoms with Crippen molar-refractivity contribution < 1.29 is 18.3 Å². The van der Waals surface area contributed by atoms with Crippen LogP contribution in [-0.4, -0.2) is 48.4 Å². The van der Waals surface area contributed by atoms with Gasteiger partial charge in [0.15, 0.2) is 5.75 Å². The largest absolute Gasteiger partial charge is 0.502 e. The lowest BCUT2D eigenvalue weighted by Crippen LogP contribution is -2.41. The van der Waals surface area contributed by atoms with Gasteiger partial charge in [-0.05, 0) is 56.0 Å². The molecule has 11 heteroatoms. The summed E-state index contributed by atoms with van der Waals surface area (Å²) in [5.41, 5.74) is 0.535. The summed E-state index contributed by atoms with van der Waals surface area (Å²) in [6.07, 6.45) is 1.09. The number of aryl methyl sites for hydroxylation is 1.